The first-order valence-electron chi connectivity index (χ1n) is 6.49. The molecule has 1 heterocycles. The summed E-state index contributed by atoms with van der Waals surface area (Å²) in [6.45, 7) is 2.42. The Morgan fingerprint density at radius 1 is 1.42 bits per heavy atom. The number of carbonyl (C=O) groups is 1. The molecule has 0 aromatic heterocycles. The monoisotopic (exact) mass is 299 g/mol. The van der Waals surface area contributed by atoms with Crippen LogP contribution in [-0.2, 0) is 4.74 Å². The number of hydrogen-bond acceptors (Lipinski definition) is 3. The fraction of sp³-hybridized carbons (Fsp3) is 0.500. The van der Waals surface area contributed by atoms with E-state index >= 15 is 0 Å². The Balaban J connectivity index is 1.66. The standard InChI is InChI=1S/C14H18ClNO2S/c15-12-3-1-2-11(10-12)14(17)16-6-9-19-13-4-7-18-8-5-13/h1-3,10,13H,4-9H2,(H,16,17). The van der Waals surface area contributed by atoms with E-state index in [9.17, 15) is 4.79 Å². The molecule has 1 N–H and O–H groups in total. The van der Waals surface area contributed by atoms with Gasteiger partial charge in [0.2, 0.25) is 0 Å². The third-order valence-electron chi connectivity index (χ3n) is 3.00. The lowest BCUT2D eigenvalue weighted by Gasteiger charge is -2.21. The zero-order valence-corrected chi connectivity index (χ0v) is 12.3. The number of amides is 1. The molecule has 1 aliphatic heterocycles. The quantitative estimate of drug-likeness (QED) is 0.850. The lowest BCUT2D eigenvalue weighted by molar-refractivity contribution is 0.0955. The molecule has 104 valence electrons. The van der Waals surface area contributed by atoms with E-state index in [1.54, 1.807) is 24.3 Å². The van der Waals surface area contributed by atoms with Gasteiger partial charge in [0.15, 0.2) is 0 Å². The summed E-state index contributed by atoms with van der Waals surface area (Å²) in [4.78, 5) is 11.8. The first kappa shape index (κ1) is 14.7. The molecule has 1 aliphatic rings. The van der Waals surface area contributed by atoms with E-state index in [2.05, 4.69) is 5.32 Å². The minimum Gasteiger partial charge on any atom is -0.381 e. The summed E-state index contributed by atoms with van der Waals surface area (Å²) < 4.78 is 5.32. The van der Waals surface area contributed by atoms with Crippen LogP contribution in [0.15, 0.2) is 24.3 Å². The predicted octanol–water partition coefficient (Wildman–Crippen LogP) is 2.98. The average molecular weight is 300 g/mol. The van der Waals surface area contributed by atoms with E-state index in [0.717, 1.165) is 31.8 Å². The highest BCUT2D eigenvalue weighted by Crippen LogP contribution is 2.21. The number of rotatable bonds is 5. The molecule has 0 unspecified atom stereocenters. The van der Waals surface area contributed by atoms with Crippen molar-refractivity contribution in [2.75, 3.05) is 25.5 Å². The molecule has 0 spiro atoms. The van der Waals surface area contributed by atoms with Gasteiger partial charge in [-0.1, -0.05) is 17.7 Å². The van der Waals surface area contributed by atoms with Crippen molar-refractivity contribution in [1.82, 2.24) is 5.32 Å². The Labute approximate surface area is 123 Å². The van der Waals surface area contributed by atoms with Gasteiger partial charge in [-0.3, -0.25) is 4.79 Å². The molecule has 19 heavy (non-hydrogen) atoms. The number of halogens is 1. The summed E-state index contributed by atoms with van der Waals surface area (Å²) in [5.41, 5.74) is 0.614. The van der Waals surface area contributed by atoms with E-state index in [-0.39, 0.29) is 5.91 Å². The summed E-state index contributed by atoms with van der Waals surface area (Å²) in [5.74, 6) is 0.881. The highest BCUT2D eigenvalue weighted by Gasteiger charge is 2.13. The number of nitrogens with one attached hydrogen (secondary N) is 1. The average Bonchev–Trinajstić information content (AvgIpc) is 2.44. The van der Waals surface area contributed by atoms with E-state index < -0.39 is 0 Å². The Bertz CT molecular complexity index is 422. The maximum atomic E-state index is 11.8. The summed E-state index contributed by atoms with van der Waals surface area (Å²) in [5, 5.41) is 4.18. The van der Waals surface area contributed by atoms with E-state index in [4.69, 9.17) is 16.3 Å². The molecule has 1 aromatic rings. The second kappa shape index (κ2) is 7.78. The topological polar surface area (TPSA) is 38.3 Å². The van der Waals surface area contributed by atoms with Gasteiger partial charge in [-0.2, -0.15) is 11.8 Å². The number of thioether (sulfide) groups is 1. The Kier molecular flexibility index (Phi) is 6.01. The highest BCUT2D eigenvalue weighted by molar-refractivity contribution is 7.99. The van der Waals surface area contributed by atoms with E-state index in [0.29, 0.717) is 22.4 Å². The van der Waals surface area contributed by atoms with Gasteiger partial charge in [0.1, 0.15) is 0 Å². The SMILES string of the molecule is O=C(NCCSC1CCOCC1)c1cccc(Cl)c1. The van der Waals surface area contributed by atoms with Crippen LogP contribution in [-0.4, -0.2) is 36.7 Å². The molecule has 0 saturated carbocycles. The van der Waals surface area contributed by atoms with Gasteiger partial charge in [-0.05, 0) is 31.0 Å². The summed E-state index contributed by atoms with van der Waals surface area (Å²) in [6.07, 6.45) is 2.24. The van der Waals surface area contributed by atoms with Gasteiger partial charge in [-0.15, -0.1) is 0 Å². The van der Waals surface area contributed by atoms with Crippen LogP contribution in [0.4, 0.5) is 0 Å². The Morgan fingerprint density at radius 3 is 2.95 bits per heavy atom. The van der Waals surface area contributed by atoms with Crippen molar-refractivity contribution in [1.29, 1.82) is 0 Å². The summed E-state index contributed by atoms with van der Waals surface area (Å²) in [6, 6.07) is 7.00. The lowest BCUT2D eigenvalue weighted by Crippen LogP contribution is -2.27. The van der Waals surface area contributed by atoms with Gasteiger partial charge in [0.25, 0.3) is 5.91 Å². The number of hydrogen-bond donors (Lipinski definition) is 1. The van der Waals surface area contributed by atoms with Crippen LogP contribution in [0.1, 0.15) is 23.2 Å². The molecule has 5 heteroatoms. The van der Waals surface area contributed by atoms with Crippen molar-refractivity contribution >= 4 is 29.3 Å². The molecule has 2 rings (SSSR count). The van der Waals surface area contributed by atoms with Crippen LogP contribution in [0.3, 0.4) is 0 Å². The van der Waals surface area contributed by atoms with Crippen molar-refractivity contribution in [3.8, 4) is 0 Å². The molecule has 0 radical (unpaired) electrons. The third kappa shape index (κ3) is 5.05. The zero-order valence-electron chi connectivity index (χ0n) is 10.7. The maximum Gasteiger partial charge on any atom is 0.251 e. The molecule has 3 nitrogen and oxygen atoms in total. The molecule has 0 atom stereocenters. The van der Waals surface area contributed by atoms with Crippen molar-refractivity contribution < 1.29 is 9.53 Å². The van der Waals surface area contributed by atoms with Crippen molar-refractivity contribution in [3.63, 3.8) is 0 Å². The number of carbonyl (C=O) groups excluding carboxylic acids is 1. The molecule has 0 bridgehead atoms. The molecule has 1 fully saturated rings. The molecule has 1 amide bonds. The van der Waals surface area contributed by atoms with Crippen LogP contribution >= 0.6 is 23.4 Å². The summed E-state index contributed by atoms with van der Waals surface area (Å²) in [7, 11) is 0. The predicted molar refractivity (Wildman–Crippen MR) is 80.1 cm³/mol. The molecule has 0 aliphatic carbocycles. The second-order valence-electron chi connectivity index (χ2n) is 4.45. The largest absolute Gasteiger partial charge is 0.381 e. The van der Waals surface area contributed by atoms with Crippen LogP contribution in [0, 0.1) is 0 Å². The molecule has 1 saturated heterocycles. The Morgan fingerprint density at radius 2 is 2.21 bits per heavy atom. The normalized spacial score (nSPS) is 16.3. The highest BCUT2D eigenvalue weighted by atomic mass is 35.5. The molecule has 1 aromatic carbocycles. The number of ether oxygens (including phenoxy) is 1. The zero-order chi connectivity index (χ0) is 13.5. The number of benzene rings is 1. The smallest absolute Gasteiger partial charge is 0.251 e. The van der Waals surface area contributed by atoms with E-state index in [1.807, 2.05) is 11.8 Å². The van der Waals surface area contributed by atoms with Crippen molar-refractivity contribution in [2.24, 2.45) is 0 Å². The van der Waals surface area contributed by atoms with Gasteiger partial charge in [0, 0.05) is 41.3 Å². The van der Waals surface area contributed by atoms with Crippen molar-refractivity contribution in [2.45, 2.75) is 18.1 Å². The lowest BCUT2D eigenvalue weighted by atomic mass is 10.2. The third-order valence-corrected chi connectivity index (χ3v) is 4.61. The second-order valence-corrected chi connectivity index (χ2v) is 6.29. The van der Waals surface area contributed by atoms with Gasteiger partial charge in [-0.25, -0.2) is 0 Å². The van der Waals surface area contributed by atoms with Gasteiger partial charge >= 0.3 is 0 Å². The van der Waals surface area contributed by atoms with Crippen LogP contribution in [0.5, 0.6) is 0 Å². The fourth-order valence-electron chi connectivity index (χ4n) is 1.96. The molecular weight excluding hydrogens is 282 g/mol. The van der Waals surface area contributed by atoms with Gasteiger partial charge < -0.3 is 10.1 Å². The minimum atomic E-state index is -0.0601. The Hall–Kier alpha value is -0.710. The fourth-order valence-corrected chi connectivity index (χ4v) is 3.23. The molecular formula is C14H18ClNO2S. The van der Waals surface area contributed by atoms with Crippen molar-refractivity contribution in [3.05, 3.63) is 34.9 Å². The maximum absolute atomic E-state index is 11.8. The first-order valence-corrected chi connectivity index (χ1v) is 7.91. The van der Waals surface area contributed by atoms with E-state index in [1.165, 1.54) is 0 Å². The first-order chi connectivity index (χ1) is 9.25. The van der Waals surface area contributed by atoms with Gasteiger partial charge in [0.05, 0.1) is 0 Å². The van der Waals surface area contributed by atoms with Crippen LogP contribution in [0.25, 0.3) is 0 Å². The van der Waals surface area contributed by atoms with Crippen LogP contribution in [0.2, 0.25) is 5.02 Å². The minimum absolute atomic E-state index is 0.0601. The van der Waals surface area contributed by atoms with Crippen LogP contribution < -0.4 is 5.32 Å². The summed E-state index contributed by atoms with van der Waals surface area (Å²) >= 11 is 7.77.